The van der Waals surface area contributed by atoms with Gasteiger partial charge in [-0.2, -0.15) is 18.2 Å². The van der Waals surface area contributed by atoms with Crippen LogP contribution in [0, 0.1) is 6.92 Å². The maximum absolute atomic E-state index is 13.2. The van der Waals surface area contributed by atoms with Crippen LogP contribution in [0.5, 0.6) is 0 Å². The van der Waals surface area contributed by atoms with Gasteiger partial charge in [0.15, 0.2) is 0 Å². The van der Waals surface area contributed by atoms with E-state index in [1.165, 1.54) is 0 Å². The van der Waals surface area contributed by atoms with E-state index < -0.39 is 30.4 Å². The van der Waals surface area contributed by atoms with Gasteiger partial charge in [-0.05, 0) is 36.8 Å². The Morgan fingerprint density at radius 2 is 1.85 bits per heavy atom. The summed E-state index contributed by atoms with van der Waals surface area (Å²) < 4.78 is 65.6. The average Bonchev–Trinajstić information content (AvgIpc) is 2.59. The molecule has 9 heteroatoms. The van der Waals surface area contributed by atoms with Gasteiger partial charge in [-0.1, -0.05) is 18.2 Å². The molecule has 27 heavy (non-hydrogen) atoms. The molecular formula is C18H14F5N3O. The zero-order chi connectivity index (χ0) is 19.8. The van der Waals surface area contributed by atoms with Gasteiger partial charge in [0.2, 0.25) is 0 Å². The van der Waals surface area contributed by atoms with Crippen LogP contribution in [-0.2, 0) is 6.18 Å². The van der Waals surface area contributed by atoms with Gasteiger partial charge in [-0.15, -0.1) is 0 Å². The third-order valence-corrected chi connectivity index (χ3v) is 4.00. The number of anilines is 1. The first-order chi connectivity index (χ1) is 12.7. The number of hydrogen-bond acceptors (Lipinski definition) is 3. The SMILES string of the molecule is Cc1ccccc1-n1c(=O)nc(NCC(F)F)c2ccc(C(F)(F)F)cc21. The fraction of sp³-hybridized carbons (Fsp3) is 0.222. The van der Waals surface area contributed by atoms with Crippen LogP contribution < -0.4 is 11.0 Å². The van der Waals surface area contributed by atoms with Crippen LogP contribution in [-0.4, -0.2) is 22.5 Å². The minimum Gasteiger partial charge on any atom is -0.364 e. The van der Waals surface area contributed by atoms with E-state index in [0.717, 1.165) is 22.8 Å². The second kappa shape index (κ2) is 6.98. The summed E-state index contributed by atoms with van der Waals surface area (Å²) in [7, 11) is 0. The molecule has 3 rings (SSSR count). The largest absolute Gasteiger partial charge is 0.416 e. The van der Waals surface area contributed by atoms with E-state index in [1.54, 1.807) is 31.2 Å². The van der Waals surface area contributed by atoms with Crippen molar-refractivity contribution >= 4 is 16.7 Å². The number of fused-ring (bicyclic) bond motifs is 1. The lowest BCUT2D eigenvalue weighted by Crippen LogP contribution is -2.25. The molecule has 1 aromatic heterocycles. The average molecular weight is 383 g/mol. The molecule has 0 spiro atoms. The summed E-state index contributed by atoms with van der Waals surface area (Å²) in [6.45, 7) is 0.918. The molecule has 0 aliphatic rings. The van der Waals surface area contributed by atoms with Crippen LogP contribution >= 0.6 is 0 Å². The standard InChI is InChI=1S/C18H14F5N3O/c1-10-4-2-3-5-13(10)26-14-8-11(18(21,22)23)6-7-12(14)16(25-17(26)27)24-9-15(19)20/h2-8,15H,9H2,1H3,(H,24,25,27). The highest BCUT2D eigenvalue weighted by Crippen LogP contribution is 2.33. The normalized spacial score (nSPS) is 12.0. The lowest BCUT2D eigenvalue weighted by atomic mass is 10.1. The van der Waals surface area contributed by atoms with E-state index in [0.29, 0.717) is 11.3 Å². The Kier molecular flexibility index (Phi) is 4.86. The molecule has 0 bridgehead atoms. The lowest BCUT2D eigenvalue weighted by molar-refractivity contribution is -0.137. The summed E-state index contributed by atoms with van der Waals surface area (Å²) in [5, 5.41) is 2.45. The fourth-order valence-electron chi connectivity index (χ4n) is 2.76. The number of alkyl halides is 5. The van der Waals surface area contributed by atoms with Crippen molar-refractivity contribution in [3.8, 4) is 5.69 Å². The molecule has 0 fully saturated rings. The van der Waals surface area contributed by atoms with Crippen molar-refractivity contribution in [2.45, 2.75) is 19.5 Å². The molecule has 3 aromatic rings. The van der Waals surface area contributed by atoms with Crippen molar-refractivity contribution in [2.75, 3.05) is 11.9 Å². The Morgan fingerprint density at radius 3 is 2.48 bits per heavy atom. The highest BCUT2D eigenvalue weighted by molar-refractivity contribution is 5.91. The molecular weight excluding hydrogens is 369 g/mol. The summed E-state index contributed by atoms with van der Waals surface area (Å²) in [5.74, 6) is -0.186. The van der Waals surface area contributed by atoms with Gasteiger partial charge < -0.3 is 5.32 Å². The number of nitrogens with zero attached hydrogens (tertiary/aromatic N) is 2. The van der Waals surface area contributed by atoms with Gasteiger partial charge in [-0.3, -0.25) is 4.57 Å². The van der Waals surface area contributed by atoms with Crippen molar-refractivity contribution in [3.05, 3.63) is 64.1 Å². The van der Waals surface area contributed by atoms with Gasteiger partial charge in [0.05, 0.1) is 23.3 Å². The zero-order valence-electron chi connectivity index (χ0n) is 14.0. The molecule has 142 valence electrons. The second-order valence-electron chi connectivity index (χ2n) is 5.87. The Hall–Kier alpha value is -2.97. The number of halogens is 5. The molecule has 0 atom stereocenters. The Balaban J connectivity index is 2.34. The van der Waals surface area contributed by atoms with Crippen LogP contribution in [0.2, 0.25) is 0 Å². The van der Waals surface area contributed by atoms with Crippen molar-refractivity contribution < 1.29 is 22.0 Å². The highest BCUT2D eigenvalue weighted by atomic mass is 19.4. The maximum atomic E-state index is 13.2. The van der Waals surface area contributed by atoms with Crippen molar-refractivity contribution in [3.63, 3.8) is 0 Å². The quantitative estimate of drug-likeness (QED) is 0.680. The van der Waals surface area contributed by atoms with E-state index in [1.807, 2.05) is 0 Å². The summed E-state index contributed by atoms with van der Waals surface area (Å²) in [6.07, 6.45) is -7.34. The summed E-state index contributed by atoms with van der Waals surface area (Å²) in [5.41, 5.74) is -0.889. The molecule has 0 unspecified atom stereocenters. The van der Waals surface area contributed by atoms with Crippen molar-refractivity contribution in [1.82, 2.24) is 9.55 Å². The molecule has 1 N–H and O–H groups in total. The Labute approximate surface area is 150 Å². The van der Waals surface area contributed by atoms with E-state index >= 15 is 0 Å². The number of hydrogen-bond donors (Lipinski definition) is 1. The Bertz CT molecular complexity index is 1040. The van der Waals surface area contributed by atoms with Crippen LogP contribution in [0.4, 0.5) is 27.8 Å². The van der Waals surface area contributed by atoms with Crippen LogP contribution in [0.1, 0.15) is 11.1 Å². The molecule has 0 saturated heterocycles. The van der Waals surface area contributed by atoms with Gasteiger partial charge in [0.1, 0.15) is 5.82 Å². The number of aromatic nitrogens is 2. The fourth-order valence-corrected chi connectivity index (χ4v) is 2.76. The van der Waals surface area contributed by atoms with Crippen LogP contribution in [0.15, 0.2) is 47.3 Å². The third kappa shape index (κ3) is 3.76. The smallest absolute Gasteiger partial charge is 0.364 e. The first kappa shape index (κ1) is 18.8. The van der Waals surface area contributed by atoms with Crippen LogP contribution in [0.25, 0.3) is 16.6 Å². The summed E-state index contributed by atoms with van der Waals surface area (Å²) >= 11 is 0. The predicted octanol–water partition coefficient (Wildman–Crippen LogP) is 4.39. The van der Waals surface area contributed by atoms with Gasteiger partial charge in [-0.25, -0.2) is 13.6 Å². The number of aryl methyl sites for hydroxylation is 1. The van der Waals surface area contributed by atoms with Gasteiger partial charge in [0, 0.05) is 5.39 Å². The number of rotatable bonds is 4. The number of benzene rings is 2. The monoisotopic (exact) mass is 383 g/mol. The molecule has 4 nitrogen and oxygen atoms in total. The van der Waals surface area contributed by atoms with Crippen molar-refractivity contribution in [1.29, 1.82) is 0 Å². The maximum Gasteiger partial charge on any atom is 0.416 e. The molecule has 0 saturated carbocycles. The first-order valence-corrected chi connectivity index (χ1v) is 7.90. The summed E-state index contributed by atoms with van der Waals surface area (Å²) in [4.78, 5) is 16.3. The molecule has 1 heterocycles. The highest BCUT2D eigenvalue weighted by Gasteiger charge is 2.31. The second-order valence-corrected chi connectivity index (χ2v) is 5.87. The topological polar surface area (TPSA) is 46.9 Å². The molecule has 0 aliphatic carbocycles. The van der Waals surface area contributed by atoms with E-state index in [9.17, 15) is 26.7 Å². The Morgan fingerprint density at radius 1 is 1.15 bits per heavy atom. The predicted molar refractivity (Wildman–Crippen MR) is 91.6 cm³/mol. The molecule has 0 aliphatic heterocycles. The van der Waals surface area contributed by atoms with Crippen molar-refractivity contribution in [2.24, 2.45) is 0 Å². The molecule has 0 radical (unpaired) electrons. The first-order valence-electron chi connectivity index (χ1n) is 7.90. The number of para-hydroxylation sites is 1. The minimum absolute atomic E-state index is 0.0732. The summed E-state index contributed by atoms with van der Waals surface area (Å²) in [6, 6.07) is 9.39. The zero-order valence-corrected chi connectivity index (χ0v) is 14.0. The van der Waals surface area contributed by atoms with Crippen LogP contribution in [0.3, 0.4) is 0 Å². The van der Waals surface area contributed by atoms with E-state index in [-0.39, 0.29) is 16.7 Å². The number of nitrogens with one attached hydrogen (secondary N) is 1. The minimum atomic E-state index is -4.62. The molecule has 0 amide bonds. The van der Waals surface area contributed by atoms with Gasteiger partial charge >= 0.3 is 11.9 Å². The lowest BCUT2D eigenvalue weighted by Gasteiger charge is -2.17. The molecule has 2 aromatic carbocycles. The van der Waals surface area contributed by atoms with E-state index in [4.69, 9.17) is 0 Å². The van der Waals surface area contributed by atoms with Gasteiger partial charge in [0.25, 0.3) is 6.43 Å². The van der Waals surface area contributed by atoms with E-state index in [2.05, 4.69) is 10.3 Å². The third-order valence-electron chi connectivity index (χ3n) is 4.00.